The van der Waals surface area contributed by atoms with Crippen molar-refractivity contribution in [1.82, 2.24) is 10.2 Å². The van der Waals surface area contributed by atoms with Crippen LogP contribution in [0.25, 0.3) is 0 Å². The second kappa shape index (κ2) is 14.7. The van der Waals surface area contributed by atoms with E-state index in [-0.39, 0.29) is 35.3 Å². The van der Waals surface area contributed by atoms with E-state index in [4.69, 9.17) is 21.1 Å². The van der Waals surface area contributed by atoms with E-state index in [1.54, 1.807) is 50.4 Å². The molecule has 4 rings (SSSR count). The number of methoxy groups -OCH3 is 1. The summed E-state index contributed by atoms with van der Waals surface area (Å²) in [6.45, 7) is 1.62. The predicted molar refractivity (Wildman–Crippen MR) is 165 cm³/mol. The van der Waals surface area contributed by atoms with Crippen molar-refractivity contribution in [3.05, 3.63) is 119 Å². The van der Waals surface area contributed by atoms with Gasteiger partial charge < -0.3 is 19.7 Å². The Morgan fingerprint density at radius 3 is 2.07 bits per heavy atom. The van der Waals surface area contributed by atoms with Gasteiger partial charge in [-0.2, -0.15) is 0 Å². The number of ether oxygens (including phenoxy) is 2. The molecule has 1 atom stereocenters. The van der Waals surface area contributed by atoms with Gasteiger partial charge in [-0.05, 0) is 90.8 Å². The minimum atomic E-state index is -3.94. The van der Waals surface area contributed by atoms with Gasteiger partial charge in [-0.15, -0.1) is 0 Å². The van der Waals surface area contributed by atoms with Gasteiger partial charge in [-0.25, -0.2) is 12.8 Å². The van der Waals surface area contributed by atoms with Gasteiger partial charge in [-0.3, -0.25) is 14.3 Å². The molecule has 0 saturated carbocycles. The summed E-state index contributed by atoms with van der Waals surface area (Å²) in [5.41, 5.74) is 1.84. The molecule has 0 aliphatic carbocycles. The molecule has 0 fully saturated rings. The molecule has 0 bridgehead atoms. The predicted octanol–water partition coefficient (Wildman–Crippen LogP) is 5.40. The fraction of sp³-hybridized carbons (Fsp3) is 0.188. The molecule has 0 saturated heterocycles. The van der Waals surface area contributed by atoms with Crippen LogP contribution >= 0.6 is 11.6 Å². The summed E-state index contributed by atoms with van der Waals surface area (Å²) < 4.78 is 51.8. The number of carbonyl (C=O) groups is 2. The van der Waals surface area contributed by atoms with Gasteiger partial charge in [0, 0.05) is 23.8 Å². The van der Waals surface area contributed by atoms with Crippen molar-refractivity contribution < 1.29 is 31.9 Å². The van der Waals surface area contributed by atoms with E-state index < -0.39 is 34.4 Å². The standard InChI is InChI=1S/C32H31ClFN3O6S/c1-22(32(39)35-19-23-5-13-28(42-2)14-6-23)37(20-24-3-7-25(33)8-4-24)31(38)21-43-29-15-17-30(18-16-29)44(40,41)36-27-11-9-26(34)10-12-27/h3-18,22,36H,19-21H2,1-2H3,(H,35,39). The summed E-state index contributed by atoms with van der Waals surface area (Å²) in [7, 11) is -2.37. The lowest BCUT2D eigenvalue weighted by molar-refractivity contribution is -0.142. The zero-order valence-corrected chi connectivity index (χ0v) is 25.6. The first-order chi connectivity index (χ1) is 21.0. The smallest absolute Gasteiger partial charge is 0.261 e. The third-order valence-electron chi connectivity index (χ3n) is 6.65. The SMILES string of the molecule is COc1ccc(CNC(=O)C(C)N(Cc2ccc(Cl)cc2)C(=O)COc2ccc(S(=O)(=O)Nc3ccc(F)cc3)cc2)cc1. The molecule has 1 unspecified atom stereocenters. The highest BCUT2D eigenvalue weighted by molar-refractivity contribution is 7.92. The van der Waals surface area contributed by atoms with Crippen LogP contribution in [0, 0.1) is 5.82 Å². The van der Waals surface area contributed by atoms with Crippen LogP contribution in [0.4, 0.5) is 10.1 Å². The van der Waals surface area contributed by atoms with Crippen LogP contribution in [0.5, 0.6) is 11.5 Å². The molecule has 44 heavy (non-hydrogen) atoms. The van der Waals surface area contributed by atoms with Crippen molar-refractivity contribution in [1.29, 1.82) is 0 Å². The first kappa shape index (κ1) is 32.3. The Labute approximate surface area is 260 Å². The minimum absolute atomic E-state index is 0.0491. The molecular formula is C32H31ClFN3O6S. The van der Waals surface area contributed by atoms with Gasteiger partial charge in [0.15, 0.2) is 6.61 Å². The Hall–Kier alpha value is -4.61. The molecule has 9 nitrogen and oxygen atoms in total. The van der Waals surface area contributed by atoms with Crippen molar-refractivity contribution in [3.8, 4) is 11.5 Å². The largest absolute Gasteiger partial charge is 0.497 e. The maximum Gasteiger partial charge on any atom is 0.261 e. The van der Waals surface area contributed by atoms with Crippen LogP contribution in [0.3, 0.4) is 0 Å². The quantitative estimate of drug-likeness (QED) is 0.203. The Morgan fingerprint density at radius 2 is 1.45 bits per heavy atom. The third kappa shape index (κ3) is 8.95. The van der Waals surface area contributed by atoms with E-state index in [2.05, 4.69) is 10.0 Å². The Kier molecular flexibility index (Phi) is 10.8. The zero-order chi connectivity index (χ0) is 31.7. The average molecular weight is 640 g/mol. The maximum absolute atomic E-state index is 13.4. The number of anilines is 1. The fourth-order valence-corrected chi connectivity index (χ4v) is 5.31. The van der Waals surface area contributed by atoms with Crippen LogP contribution < -0.4 is 19.5 Å². The molecule has 0 spiro atoms. The zero-order valence-electron chi connectivity index (χ0n) is 24.0. The third-order valence-corrected chi connectivity index (χ3v) is 8.30. The Morgan fingerprint density at radius 1 is 0.864 bits per heavy atom. The summed E-state index contributed by atoms with van der Waals surface area (Å²) in [5, 5.41) is 3.40. The number of hydrogen-bond acceptors (Lipinski definition) is 6. The average Bonchev–Trinajstić information content (AvgIpc) is 3.03. The lowest BCUT2D eigenvalue weighted by Gasteiger charge is -2.29. The fourth-order valence-electron chi connectivity index (χ4n) is 4.12. The second-order valence-corrected chi connectivity index (χ2v) is 11.9. The van der Waals surface area contributed by atoms with Gasteiger partial charge in [0.1, 0.15) is 23.4 Å². The molecule has 4 aromatic carbocycles. The molecule has 0 aromatic heterocycles. The summed E-state index contributed by atoms with van der Waals surface area (Å²) >= 11 is 6.02. The second-order valence-electron chi connectivity index (χ2n) is 9.76. The van der Waals surface area contributed by atoms with Crippen molar-refractivity contribution in [3.63, 3.8) is 0 Å². The number of nitrogens with one attached hydrogen (secondary N) is 2. The topological polar surface area (TPSA) is 114 Å². The first-order valence-corrected chi connectivity index (χ1v) is 15.4. The van der Waals surface area contributed by atoms with Crippen LogP contribution in [0.1, 0.15) is 18.1 Å². The van der Waals surface area contributed by atoms with E-state index in [1.807, 2.05) is 12.1 Å². The number of carbonyl (C=O) groups excluding carboxylic acids is 2. The van der Waals surface area contributed by atoms with E-state index in [9.17, 15) is 22.4 Å². The number of rotatable bonds is 13. The molecule has 0 aliphatic heterocycles. The minimum Gasteiger partial charge on any atom is -0.497 e. The summed E-state index contributed by atoms with van der Waals surface area (Å²) in [6, 6.07) is 23.8. The van der Waals surface area contributed by atoms with E-state index in [1.165, 1.54) is 41.3 Å². The molecule has 0 aliphatic rings. The van der Waals surface area contributed by atoms with Gasteiger partial charge in [0.2, 0.25) is 5.91 Å². The number of nitrogens with zero attached hydrogens (tertiary/aromatic N) is 1. The monoisotopic (exact) mass is 639 g/mol. The molecule has 0 radical (unpaired) electrons. The molecule has 4 aromatic rings. The van der Waals surface area contributed by atoms with Gasteiger partial charge >= 0.3 is 0 Å². The van der Waals surface area contributed by atoms with Crippen LogP contribution in [-0.4, -0.2) is 44.9 Å². The highest BCUT2D eigenvalue weighted by Crippen LogP contribution is 2.21. The number of sulfonamides is 1. The number of hydrogen-bond donors (Lipinski definition) is 2. The number of amides is 2. The molecule has 2 N–H and O–H groups in total. The van der Waals surface area contributed by atoms with Crippen LogP contribution in [-0.2, 0) is 32.7 Å². The van der Waals surface area contributed by atoms with Gasteiger partial charge in [0.05, 0.1) is 12.0 Å². The van der Waals surface area contributed by atoms with E-state index in [0.717, 1.165) is 23.3 Å². The van der Waals surface area contributed by atoms with Crippen molar-refractivity contribution in [2.24, 2.45) is 0 Å². The Bertz CT molecular complexity index is 1670. The molecule has 12 heteroatoms. The van der Waals surface area contributed by atoms with Gasteiger partial charge in [0.25, 0.3) is 15.9 Å². The lowest BCUT2D eigenvalue weighted by atomic mass is 10.1. The number of benzene rings is 4. The van der Waals surface area contributed by atoms with Gasteiger partial charge in [-0.1, -0.05) is 35.9 Å². The van der Waals surface area contributed by atoms with Crippen LogP contribution in [0.2, 0.25) is 5.02 Å². The summed E-state index contributed by atoms with van der Waals surface area (Å²) in [5.74, 6) is -0.347. The lowest BCUT2D eigenvalue weighted by Crippen LogP contribution is -2.48. The molecule has 230 valence electrons. The van der Waals surface area contributed by atoms with E-state index >= 15 is 0 Å². The molecule has 0 heterocycles. The summed E-state index contributed by atoms with van der Waals surface area (Å²) in [6.07, 6.45) is 0. The molecule has 2 amide bonds. The van der Waals surface area contributed by atoms with Crippen LogP contribution in [0.15, 0.2) is 102 Å². The van der Waals surface area contributed by atoms with Crippen molar-refractivity contribution in [2.45, 2.75) is 31.0 Å². The normalized spacial score (nSPS) is 11.7. The highest BCUT2D eigenvalue weighted by atomic mass is 35.5. The first-order valence-electron chi connectivity index (χ1n) is 13.5. The number of halogens is 2. The maximum atomic E-state index is 13.4. The Balaban J connectivity index is 1.41. The van der Waals surface area contributed by atoms with Crippen molar-refractivity contribution >= 4 is 39.1 Å². The highest BCUT2D eigenvalue weighted by Gasteiger charge is 2.26. The summed E-state index contributed by atoms with van der Waals surface area (Å²) in [4.78, 5) is 27.8. The van der Waals surface area contributed by atoms with E-state index in [0.29, 0.717) is 10.8 Å². The van der Waals surface area contributed by atoms with Crippen molar-refractivity contribution in [2.75, 3.05) is 18.4 Å². The molecular weight excluding hydrogens is 609 g/mol.